The molecule has 0 fully saturated rings. The highest BCUT2D eigenvalue weighted by Gasteiger charge is 2.09. The molecule has 0 saturated heterocycles. The third-order valence-electron chi connectivity index (χ3n) is 2.91. The minimum absolute atomic E-state index is 0.277. The highest BCUT2D eigenvalue weighted by Crippen LogP contribution is 2.19. The van der Waals surface area contributed by atoms with E-state index in [1.165, 1.54) is 11.1 Å². The number of aryl methyl sites for hydroxylation is 2. The van der Waals surface area contributed by atoms with Crippen LogP contribution in [0.3, 0.4) is 0 Å². The number of hydrogen-bond donors (Lipinski definition) is 1. The van der Waals surface area contributed by atoms with Crippen molar-refractivity contribution in [2.24, 2.45) is 0 Å². The monoisotopic (exact) mass is 280 g/mol. The van der Waals surface area contributed by atoms with Gasteiger partial charge in [-0.15, -0.1) is 11.3 Å². The summed E-state index contributed by atoms with van der Waals surface area (Å²) in [6.07, 6.45) is 0. The number of rotatable bonds is 4. The van der Waals surface area contributed by atoms with Crippen LogP contribution in [0.1, 0.15) is 34.8 Å². The molecule has 1 atom stereocenters. The fourth-order valence-electron chi connectivity index (χ4n) is 1.78. The number of thiazole rings is 1. The van der Waals surface area contributed by atoms with Gasteiger partial charge in [-0.2, -0.15) is 0 Å². The predicted octanol–water partition coefficient (Wildman–Crippen LogP) is 4.26. The predicted molar refractivity (Wildman–Crippen MR) is 78.3 cm³/mol. The van der Waals surface area contributed by atoms with Gasteiger partial charge in [0.15, 0.2) is 0 Å². The van der Waals surface area contributed by atoms with Gasteiger partial charge in [-0.3, -0.25) is 0 Å². The van der Waals surface area contributed by atoms with E-state index in [-0.39, 0.29) is 6.04 Å². The van der Waals surface area contributed by atoms with Crippen molar-refractivity contribution in [3.05, 3.63) is 50.4 Å². The Kier molecular flexibility index (Phi) is 4.38. The van der Waals surface area contributed by atoms with Gasteiger partial charge in [0.25, 0.3) is 0 Å². The summed E-state index contributed by atoms with van der Waals surface area (Å²) in [5.74, 6) is 0. The normalized spacial score (nSPS) is 12.7. The molecule has 2 nitrogen and oxygen atoms in total. The van der Waals surface area contributed by atoms with Crippen LogP contribution in [-0.2, 0) is 6.54 Å². The summed E-state index contributed by atoms with van der Waals surface area (Å²) in [6.45, 7) is 7.09. The molecule has 1 aromatic carbocycles. The van der Waals surface area contributed by atoms with E-state index < -0.39 is 0 Å². The van der Waals surface area contributed by atoms with Gasteiger partial charge < -0.3 is 5.32 Å². The zero-order valence-electron chi connectivity index (χ0n) is 10.8. The van der Waals surface area contributed by atoms with Gasteiger partial charge in [-0.25, -0.2) is 4.98 Å². The van der Waals surface area contributed by atoms with Crippen molar-refractivity contribution in [1.82, 2.24) is 10.3 Å². The summed E-state index contributed by atoms with van der Waals surface area (Å²) >= 11 is 7.65. The lowest BCUT2D eigenvalue weighted by Gasteiger charge is -2.13. The molecule has 0 bridgehead atoms. The summed E-state index contributed by atoms with van der Waals surface area (Å²) in [5, 5.41) is 7.51. The third-order valence-corrected chi connectivity index (χ3v) is 4.29. The molecule has 2 aromatic rings. The Morgan fingerprint density at radius 1 is 1.39 bits per heavy atom. The second kappa shape index (κ2) is 5.83. The summed E-state index contributed by atoms with van der Waals surface area (Å²) < 4.78 is 0. The summed E-state index contributed by atoms with van der Waals surface area (Å²) in [5.41, 5.74) is 3.59. The molecule has 2 rings (SSSR count). The van der Waals surface area contributed by atoms with E-state index in [2.05, 4.69) is 35.6 Å². The Bertz CT molecular complexity index is 536. The first kappa shape index (κ1) is 13.5. The Morgan fingerprint density at radius 3 is 2.78 bits per heavy atom. The standard InChI is InChI=1S/C14H17ClN2S/c1-9-6-13(15)5-4-12(9)7-16-11(3)14-17-10(2)8-18-14/h4-6,8,11,16H,7H2,1-3H3. The maximum atomic E-state index is 5.95. The quantitative estimate of drug-likeness (QED) is 0.905. The zero-order valence-corrected chi connectivity index (χ0v) is 12.4. The number of benzene rings is 1. The van der Waals surface area contributed by atoms with E-state index in [4.69, 9.17) is 11.6 Å². The highest BCUT2D eigenvalue weighted by molar-refractivity contribution is 7.09. The maximum absolute atomic E-state index is 5.95. The topological polar surface area (TPSA) is 24.9 Å². The number of nitrogens with zero attached hydrogens (tertiary/aromatic N) is 1. The minimum atomic E-state index is 0.277. The van der Waals surface area contributed by atoms with Crippen LogP contribution >= 0.6 is 22.9 Å². The summed E-state index contributed by atoms with van der Waals surface area (Å²) in [7, 11) is 0. The average molecular weight is 281 g/mol. The first-order chi connectivity index (χ1) is 8.56. The molecule has 1 N–H and O–H groups in total. The van der Waals surface area contributed by atoms with Crippen molar-refractivity contribution in [3.63, 3.8) is 0 Å². The Balaban J connectivity index is 1.99. The van der Waals surface area contributed by atoms with Gasteiger partial charge in [0.05, 0.1) is 6.04 Å². The van der Waals surface area contributed by atoms with Crippen molar-refractivity contribution in [2.45, 2.75) is 33.4 Å². The van der Waals surface area contributed by atoms with E-state index >= 15 is 0 Å². The van der Waals surface area contributed by atoms with E-state index in [0.717, 1.165) is 22.3 Å². The SMILES string of the molecule is Cc1csc(C(C)NCc2ccc(Cl)cc2C)n1. The molecule has 1 aromatic heterocycles. The second-order valence-corrected chi connectivity index (χ2v) is 5.83. The third kappa shape index (κ3) is 3.31. The zero-order chi connectivity index (χ0) is 13.1. The molecule has 0 aliphatic heterocycles. The molecule has 96 valence electrons. The number of nitrogens with one attached hydrogen (secondary N) is 1. The first-order valence-corrected chi connectivity index (χ1v) is 7.22. The lowest BCUT2D eigenvalue weighted by atomic mass is 10.1. The van der Waals surface area contributed by atoms with Gasteiger partial charge in [0, 0.05) is 22.6 Å². The summed E-state index contributed by atoms with van der Waals surface area (Å²) in [4.78, 5) is 4.49. The van der Waals surface area contributed by atoms with Gasteiger partial charge in [-0.1, -0.05) is 17.7 Å². The van der Waals surface area contributed by atoms with Crippen molar-refractivity contribution >= 4 is 22.9 Å². The Morgan fingerprint density at radius 2 is 2.17 bits per heavy atom. The fraction of sp³-hybridized carbons (Fsp3) is 0.357. The van der Waals surface area contributed by atoms with Crippen LogP contribution < -0.4 is 5.32 Å². The molecule has 0 aliphatic rings. The van der Waals surface area contributed by atoms with Crippen LogP contribution in [-0.4, -0.2) is 4.98 Å². The molecular weight excluding hydrogens is 264 g/mol. The Labute approximate surface area is 117 Å². The van der Waals surface area contributed by atoms with E-state index in [1.807, 2.05) is 19.1 Å². The summed E-state index contributed by atoms with van der Waals surface area (Å²) in [6, 6.07) is 6.28. The average Bonchev–Trinajstić information content (AvgIpc) is 2.74. The van der Waals surface area contributed by atoms with Crippen molar-refractivity contribution in [3.8, 4) is 0 Å². The smallest absolute Gasteiger partial charge is 0.110 e. The molecule has 4 heteroatoms. The van der Waals surface area contributed by atoms with Crippen molar-refractivity contribution < 1.29 is 0 Å². The highest BCUT2D eigenvalue weighted by atomic mass is 35.5. The van der Waals surface area contributed by atoms with E-state index in [0.29, 0.717) is 0 Å². The molecular formula is C14H17ClN2S. The largest absolute Gasteiger partial charge is 0.304 e. The molecule has 0 radical (unpaired) electrons. The van der Waals surface area contributed by atoms with Crippen LogP contribution in [0, 0.1) is 13.8 Å². The van der Waals surface area contributed by atoms with Crippen LogP contribution in [0.15, 0.2) is 23.6 Å². The lowest BCUT2D eigenvalue weighted by molar-refractivity contribution is 0.570. The van der Waals surface area contributed by atoms with Crippen LogP contribution in [0.4, 0.5) is 0 Å². The second-order valence-electron chi connectivity index (χ2n) is 4.50. The lowest BCUT2D eigenvalue weighted by Crippen LogP contribution is -2.18. The number of hydrogen-bond acceptors (Lipinski definition) is 3. The van der Waals surface area contributed by atoms with Crippen LogP contribution in [0.5, 0.6) is 0 Å². The number of halogens is 1. The van der Waals surface area contributed by atoms with E-state index in [9.17, 15) is 0 Å². The molecule has 18 heavy (non-hydrogen) atoms. The Hall–Kier alpha value is -0.900. The minimum Gasteiger partial charge on any atom is -0.304 e. The molecule has 0 saturated carbocycles. The maximum Gasteiger partial charge on any atom is 0.110 e. The molecule has 1 heterocycles. The van der Waals surface area contributed by atoms with E-state index in [1.54, 1.807) is 11.3 Å². The van der Waals surface area contributed by atoms with Crippen LogP contribution in [0.25, 0.3) is 0 Å². The van der Waals surface area contributed by atoms with Gasteiger partial charge in [0.2, 0.25) is 0 Å². The van der Waals surface area contributed by atoms with Crippen molar-refractivity contribution in [2.75, 3.05) is 0 Å². The van der Waals surface area contributed by atoms with Gasteiger partial charge in [0.1, 0.15) is 5.01 Å². The molecule has 0 spiro atoms. The molecule has 1 unspecified atom stereocenters. The van der Waals surface area contributed by atoms with Gasteiger partial charge in [-0.05, 0) is 44.0 Å². The fourth-order valence-corrected chi connectivity index (χ4v) is 2.83. The molecule has 0 amide bonds. The molecule has 0 aliphatic carbocycles. The van der Waals surface area contributed by atoms with Gasteiger partial charge >= 0.3 is 0 Å². The number of aromatic nitrogens is 1. The van der Waals surface area contributed by atoms with Crippen LogP contribution in [0.2, 0.25) is 5.02 Å². The first-order valence-electron chi connectivity index (χ1n) is 5.96. The van der Waals surface area contributed by atoms with Crippen molar-refractivity contribution in [1.29, 1.82) is 0 Å².